The van der Waals surface area contributed by atoms with Gasteiger partial charge in [0, 0.05) is 6.54 Å². The van der Waals surface area contributed by atoms with E-state index in [-0.39, 0.29) is 11.3 Å². The fraction of sp³-hybridized carbons (Fsp3) is 0.533. The molecule has 18 heavy (non-hydrogen) atoms. The van der Waals surface area contributed by atoms with E-state index in [1.165, 1.54) is 11.1 Å². The lowest BCUT2D eigenvalue weighted by Gasteiger charge is -2.22. The molecule has 1 rings (SSSR count). The van der Waals surface area contributed by atoms with Crippen molar-refractivity contribution < 1.29 is 4.79 Å². The molecule has 0 heterocycles. The van der Waals surface area contributed by atoms with E-state index < -0.39 is 0 Å². The Bertz CT molecular complexity index is 425. The molecule has 0 spiro atoms. The molecule has 0 aromatic heterocycles. The molecule has 3 N–H and O–H groups in total. The van der Waals surface area contributed by atoms with Gasteiger partial charge in [0.25, 0.3) is 0 Å². The van der Waals surface area contributed by atoms with Gasteiger partial charge in [-0.1, -0.05) is 32.0 Å². The van der Waals surface area contributed by atoms with Gasteiger partial charge in [-0.3, -0.25) is 4.79 Å². The molecular formula is C15H24N2O. The first-order valence-corrected chi connectivity index (χ1v) is 6.37. The molecule has 0 atom stereocenters. The SMILES string of the molecule is Cc1ccc(CC(=O)NCC(C)(C)CN)cc1C. The van der Waals surface area contributed by atoms with Crippen LogP contribution in [0.3, 0.4) is 0 Å². The van der Waals surface area contributed by atoms with Crippen LogP contribution in [0.1, 0.15) is 30.5 Å². The van der Waals surface area contributed by atoms with Crippen molar-refractivity contribution in [1.29, 1.82) is 0 Å². The van der Waals surface area contributed by atoms with Crippen molar-refractivity contribution in [3.8, 4) is 0 Å². The van der Waals surface area contributed by atoms with Crippen LogP contribution in [-0.2, 0) is 11.2 Å². The smallest absolute Gasteiger partial charge is 0.224 e. The van der Waals surface area contributed by atoms with Crippen molar-refractivity contribution in [2.75, 3.05) is 13.1 Å². The Morgan fingerprint density at radius 3 is 2.50 bits per heavy atom. The number of hydrogen-bond donors (Lipinski definition) is 2. The molecule has 0 radical (unpaired) electrons. The van der Waals surface area contributed by atoms with Crippen molar-refractivity contribution in [1.82, 2.24) is 5.32 Å². The number of hydrogen-bond acceptors (Lipinski definition) is 2. The lowest BCUT2D eigenvalue weighted by molar-refractivity contribution is -0.120. The minimum absolute atomic E-state index is 0.0428. The minimum Gasteiger partial charge on any atom is -0.355 e. The molecule has 0 bridgehead atoms. The van der Waals surface area contributed by atoms with E-state index in [0.29, 0.717) is 19.5 Å². The van der Waals surface area contributed by atoms with Gasteiger partial charge < -0.3 is 11.1 Å². The van der Waals surface area contributed by atoms with Gasteiger partial charge in [-0.2, -0.15) is 0 Å². The average Bonchev–Trinajstić information content (AvgIpc) is 2.32. The van der Waals surface area contributed by atoms with Crippen LogP contribution in [0.15, 0.2) is 18.2 Å². The first-order chi connectivity index (χ1) is 8.34. The molecule has 0 saturated carbocycles. The van der Waals surface area contributed by atoms with E-state index in [4.69, 9.17) is 5.73 Å². The van der Waals surface area contributed by atoms with Crippen LogP contribution < -0.4 is 11.1 Å². The van der Waals surface area contributed by atoms with Gasteiger partial charge >= 0.3 is 0 Å². The average molecular weight is 248 g/mol. The Labute approximate surface area is 110 Å². The maximum Gasteiger partial charge on any atom is 0.224 e. The zero-order valence-corrected chi connectivity index (χ0v) is 11.8. The van der Waals surface area contributed by atoms with Crippen molar-refractivity contribution in [3.63, 3.8) is 0 Å². The van der Waals surface area contributed by atoms with Crippen LogP contribution in [0, 0.1) is 19.3 Å². The highest BCUT2D eigenvalue weighted by Gasteiger charge is 2.16. The quantitative estimate of drug-likeness (QED) is 0.836. The second kappa shape index (κ2) is 6.01. The zero-order chi connectivity index (χ0) is 13.8. The maximum absolute atomic E-state index is 11.8. The minimum atomic E-state index is -0.0428. The Hall–Kier alpha value is -1.35. The molecule has 0 aliphatic carbocycles. The third kappa shape index (κ3) is 4.49. The molecule has 1 aromatic carbocycles. The molecule has 0 unspecified atom stereocenters. The molecular weight excluding hydrogens is 224 g/mol. The van der Waals surface area contributed by atoms with Gasteiger partial charge in [0.05, 0.1) is 6.42 Å². The highest BCUT2D eigenvalue weighted by atomic mass is 16.1. The number of carbonyl (C=O) groups excluding carboxylic acids is 1. The van der Waals surface area contributed by atoms with E-state index in [9.17, 15) is 4.79 Å². The maximum atomic E-state index is 11.8. The third-order valence-electron chi connectivity index (χ3n) is 3.25. The Kier molecular flexibility index (Phi) is 4.91. The van der Waals surface area contributed by atoms with Crippen LogP contribution in [0.25, 0.3) is 0 Å². The molecule has 3 nitrogen and oxygen atoms in total. The summed E-state index contributed by atoms with van der Waals surface area (Å²) in [5, 5.41) is 2.94. The molecule has 1 aromatic rings. The van der Waals surface area contributed by atoms with Crippen molar-refractivity contribution in [3.05, 3.63) is 34.9 Å². The Balaban J connectivity index is 2.52. The molecule has 0 fully saturated rings. The van der Waals surface area contributed by atoms with E-state index in [0.717, 1.165) is 5.56 Å². The first-order valence-electron chi connectivity index (χ1n) is 6.37. The summed E-state index contributed by atoms with van der Waals surface area (Å²) in [6.07, 6.45) is 0.432. The third-order valence-corrected chi connectivity index (χ3v) is 3.25. The van der Waals surface area contributed by atoms with Gasteiger partial charge in [-0.25, -0.2) is 0 Å². The fourth-order valence-corrected chi connectivity index (χ4v) is 1.57. The second-order valence-corrected chi connectivity index (χ2v) is 5.74. The van der Waals surface area contributed by atoms with Crippen LogP contribution in [0.5, 0.6) is 0 Å². The van der Waals surface area contributed by atoms with Crippen molar-refractivity contribution in [2.45, 2.75) is 34.1 Å². The predicted octanol–water partition coefficient (Wildman–Crippen LogP) is 1.95. The monoisotopic (exact) mass is 248 g/mol. The fourth-order valence-electron chi connectivity index (χ4n) is 1.57. The first kappa shape index (κ1) is 14.7. The summed E-state index contributed by atoms with van der Waals surface area (Å²) in [6, 6.07) is 6.14. The van der Waals surface area contributed by atoms with Crippen molar-refractivity contribution in [2.24, 2.45) is 11.1 Å². The summed E-state index contributed by atoms with van der Waals surface area (Å²) < 4.78 is 0. The molecule has 1 amide bonds. The number of benzene rings is 1. The zero-order valence-electron chi connectivity index (χ0n) is 11.8. The highest BCUT2D eigenvalue weighted by molar-refractivity contribution is 5.78. The van der Waals surface area contributed by atoms with E-state index in [1.54, 1.807) is 0 Å². The number of rotatable bonds is 5. The number of nitrogens with one attached hydrogen (secondary N) is 1. The highest BCUT2D eigenvalue weighted by Crippen LogP contribution is 2.12. The Morgan fingerprint density at radius 2 is 1.94 bits per heavy atom. The number of aryl methyl sites for hydroxylation is 2. The molecule has 0 saturated heterocycles. The van der Waals surface area contributed by atoms with Crippen molar-refractivity contribution >= 4 is 5.91 Å². The van der Waals surface area contributed by atoms with Gasteiger partial charge in [0.1, 0.15) is 0 Å². The largest absolute Gasteiger partial charge is 0.355 e. The summed E-state index contributed by atoms with van der Waals surface area (Å²) in [4.78, 5) is 11.8. The lowest BCUT2D eigenvalue weighted by atomic mass is 9.94. The second-order valence-electron chi connectivity index (χ2n) is 5.74. The van der Waals surface area contributed by atoms with E-state index in [2.05, 4.69) is 31.3 Å². The summed E-state index contributed by atoms with van der Waals surface area (Å²) in [6.45, 7) is 9.41. The molecule has 3 heteroatoms. The van der Waals surface area contributed by atoms with Crippen LogP contribution in [0.2, 0.25) is 0 Å². The van der Waals surface area contributed by atoms with Gasteiger partial charge in [0.15, 0.2) is 0 Å². The molecule has 0 aliphatic heterocycles. The normalized spacial score (nSPS) is 11.4. The number of amides is 1. The van der Waals surface area contributed by atoms with Gasteiger partial charge in [0.2, 0.25) is 5.91 Å². The topological polar surface area (TPSA) is 55.1 Å². The van der Waals surface area contributed by atoms with Crippen LogP contribution >= 0.6 is 0 Å². The number of carbonyl (C=O) groups is 1. The summed E-state index contributed by atoms with van der Waals surface area (Å²) in [5.41, 5.74) is 9.12. The Morgan fingerprint density at radius 1 is 1.28 bits per heavy atom. The summed E-state index contributed by atoms with van der Waals surface area (Å²) in [7, 11) is 0. The summed E-state index contributed by atoms with van der Waals surface area (Å²) in [5.74, 6) is 0.0554. The van der Waals surface area contributed by atoms with Crippen LogP contribution in [0.4, 0.5) is 0 Å². The molecule has 100 valence electrons. The summed E-state index contributed by atoms with van der Waals surface area (Å²) >= 11 is 0. The van der Waals surface area contributed by atoms with Gasteiger partial charge in [-0.05, 0) is 42.5 Å². The van der Waals surface area contributed by atoms with Crippen LogP contribution in [-0.4, -0.2) is 19.0 Å². The lowest BCUT2D eigenvalue weighted by Crippen LogP contribution is -2.39. The number of nitrogens with two attached hydrogens (primary N) is 1. The molecule has 0 aliphatic rings. The van der Waals surface area contributed by atoms with E-state index >= 15 is 0 Å². The van der Waals surface area contributed by atoms with E-state index in [1.807, 2.05) is 19.9 Å². The van der Waals surface area contributed by atoms with Gasteiger partial charge in [-0.15, -0.1) is 0 Å². The predicted molar refractivity (Wildman–Crippen MR) is 75.5 cm³/mol. The standard InChI is InChI=1S/C15H24N2O/c1-11-5-6-13(7-12(11)2)8-14(18)17-10-15(3,4)9-16/h5-7H,8-10,16H2,1-4H3,(H,17,18).